The highest BCUT2D eigenvalue weighted by Gasteiger charge is 2.54. The number of ether oxygens (including phenoxy) is 5. The lowest BCUT2D eigenvalue weighted by Gasteiger charge is -2.36. The number of rotatable bonds is 8. The Morgan fingerprint density at radius 3 is 2.30 bits per heavy atom. The van der Waals surface area contributed by atoms with Crippen LogP contribution in [0.1, 0.15) is 77.4 Å². The number of hydrogen-bond donors (Lipinski definition) is 0. The Morgan fingerprint density at radius 1 is 1.00 bits per heavy atom. The van der Waals surface area contributed by atoms with Crippen molar-refractivity contribution in [2.75, 3.05) is 6.61 Å². The van der Waals surface area contributed by atoms with Gasteiger partial charge in [-0.3, -0.25) is 14.4 Å². The molecule has 1 aliphatic carbocycles. The van der Waals surface area contributed by atoms with Crippen molar-refractivity contribution in [3.8, 4) is 0 Å². The molecule has 1 aliphatic heterocycles. The minimum atomic E-state index is -1.04. The smallest absolute Gasteiger partial charge is 0.344 e. The molecule has 2 aliphatic rings. The van der Waals surface area contributed by atoms with E-state index in [0.717, 1.165) is 19.3 Å². The van der Waals surface area contributed by atoms with Gasteiger partial charge in [-0.25, -0.2) is 4.79 Å². The molecule has 3 rings (SSSR count). The monoisotopic (exact) mass is 520 g/mol. The topological polar surface area (TPSA) is 118 Å². The fourth-order valence-electron chi connectivity index (χ4n) is 5.16. The molecule has 7 atom stereocenters. The Morgan fingerprint density at radius 2 is 1.68 bits per heavy atom. The maximum atomic E-state index is 13.2. The van der Waals surface area contributed by atoms with Crippen molar-refractivity contribution in [3.05, 3.63) is 30.1 Å². The molecule has 0 radical (unpaired) electrons. The van der Waals surface area contributed by atoms with Crippen LogP contribution in [0.2, 0.25) is 0 Å². The third-order valence-electron chi connectivity index (χ3n) is 6.91. The average Bonchev–Trinajstić information content (AvgIpc) is 3.13. The van der Waals surface area contributed by atoms with Gasteiger partial charge >= 0.3 is 30.1 Å². The van der Waals surface area contributed by atoms with Gasteiger partial charge in [0.1, 0.15) is 24.4 Å². The molecular weight excluding hydrogens is 482 g/mol. The van der Waals surface area contributed by atoms with Gasteiger partial charge in [0.05, 0.1) is 0 Å². The van der Waals surface area contributed by atoms with Gasteiger partial charge in [0, 0.05) is 26.8 Å². The molecule has 1 aromatic heterocycles. The van der Waals surface area contributed by atoms with E-state index in [0.29, 0.717) is 23.3 Å². The molecule has 2 fully saturated rings. The summed E-state index contributed by atoms with van der Waals surface area (Å²) < 4.78 is 29.6. The largest absolute Gasteiger partial charge is 0.463 e. The van der Waals surface area contributed by atoms with E-state index in [4.69, 9.17) is 23.7 Å². The summed E-state index contributed by atoms with van der Waals surface area (Å²) in [6.07, 6.45) is 2.11. The third kappa shape index (κ3) is 7.50. The summed E-state index contributed by atoms with van der Waals surface area (Å²) in [5.41, 5.74) is 0.306. The van der Waals surface area contributed by atoms with Gasteiger partial charge in [-0.2, -0.15) is 4.57 Å². The molecule has 2 heterocycles. The van der Waals surface area contributed by atoms with Crippen LogP contribution in [0, 0.1) is 17.8 Å². The van der Waals surface area contributed by atoms with E-state index in [1.165, 1.54) is 20.8 Å². The first-order valence-electron chi connectivity index (χ1n) is 12.8. The highest BCUT2D eigenvalue weighted by molar-refractivity contribution is 5.88. The fraction of sp³-hybridized carbons (Fsp3) is 0.667. The molecular formula is C27H38NO9+. The molecule has 1 saturated carbocycles. The summed E-state index contributed by atoms with van der Waals surface area (Å²) >= 11 is 0. The van der Waals surface area contributed by atoms with E-state index in [2.05, 4.69) is 20.8 Å². The van der Waals surface area contributed by atoms with Crippen LogP contribution in [0.25, 0.3) is 0 Å². The highest BCUT2D eigenvalue weighted by atomic mass is 16.7. The fourth-order valence-corrected chi connectivity index (χ4v) is 5.16. The lowest BCUT2D eigenvalue weighted by atomic mass is 9.75. The first kappa shape index (κ1) is 28.6. The number of hydrogen-bond acceptors (Lipinski definition) is 9. The van der Waals surface area contributed by atoms with Crippen LogP contribution in [0.3, 0.4) is 0 Å². The second-order valence-corrected chi connectivity index (χ2v) is 10.3. The standard InChI is InChI=1S/C27H38NO9/c1-15(2)21-10-9-16(3)12-22(21)37-27(32)20-8-7-11-28(13-20)26-25(35-19(6)31)24(34-18(5)30)23(36-26)14-33-17(4)29/h7-8,11,13,15-16,21-26H,9-10,12,14H2,1-6H3/q+1/t16?,21?,22?,23-,24-,25-,26-/m1/s1. The second-order valence-electron chi connectivity index (χ2n) is 10.3. The summed E-state index contributed by atoms with van der Waals surface area (Å²) in [6, 6.07) is 3.31. The van der Waals surface area contributed by atoms with Crippen molar-refractivity contribution in [2.45, 2.75) is 91.4 Å². The van der Waals surface area contributed by atoms with E-state index >= 15 is 0 Å². The second kappa shape index (κ2) is 12.5. The number of aromatic nitrogens is 1. The first-order chi connectivity index (χ1) is 17.5. The first-order valence-corrected chi connectivity index (χ1v) is 12.8. The van der Waals surface area contributed by atoms with Gasteiger partial charge in [-0.15, -0.1) is 0 Å². The van der Waals surface area contributed by atoms with Gasteiger partial charge in [0.25, 0.3) is 0 Å². The van der Waals surface area contributed by atoms with Gasteiger partial charge in [0.15, 0.2) is 18.5 Å². The van der Waals surface area contributed by atoms with Crippen LogP contribution in [0.15, 0.2) is 24.5 Å². The lowest BCUT2D eigenvalue weighted by Crippen LogP contribution is -2.48. The molecule has 0 spiro atoms. The summed E-state index contributed by atoms with van der Waals surface area (Å²) in [7, 11) is 0. The van der Waals surface area contributed by atoms with Crippen molar-refractivity contribution < 1.29 is 47.4 Å². The van der Waals surface area contributed by atoms with E-state index in [-0.39, 0.29) is 12.7 Å². The average molecular weight is 521 g/mol. The highest BCUT2D eigenvalue weighted by Crippen LogP contribution is 2.36. The number of pyridine rings is 1. The van der Waals surface area contributed by atoms with Gasteiger partial charge in [0.2, 0.25) is 6.10 Å². The minimum absolute atomic E-state index is 0.164. The third-order valence-corrected chi connectivity index (χ3v) is 6.91. The van der Waals surface area contributed by atoms with E-state index in [1.807, 2.05) is 0 Å². The lowest BCUT2D eigenvalue weighted by molar-refractivity contribution is -0.765. The van der Waals surface area contributed by atoms with E-state index in [9.17, 15) is 19.2 Å². The molecule has 1 saturated heterocycles. The molecule has 37 heavy (non-hydrogen) atoms. The van der Waals surface area contributed by atoms with E-state index < -0.39 is 48.4 Å². The van der Waals surface area contributed by atoms with Crippen LogP contribution in [0.4, 0.5) is 0 Å². The Balaban J connectivity index is 1.85. The molecule has 0 bridgehead atoms. The quantitative estimate of drug-likeness (QED) is 0.290. The molecule has 10 heteroatoms. The number of carbonyl (C=O) groups is 4. The summed E-state index contributed by atoms with van der Waals surface area (Å²) in [5, 5.41) is 0. The molecule has 0 amide bonds. The van der Waals surface area contributed by atoms with Crippen molar-refractivity contribution in [3.63, 3.8) is 0 Å². The Labute approximate surface area is 217 Å². The molecule has 10 nitrogen and oxygen atoms in total. The molecule has 3 unspecified atom stereocenters. The van der Waals surface area contributed by atoms with Crippen LogP contribution in [0.5, 0.6) is 0 Å². The minimum Gasteiger partial charge on any atom is -0.463 e. The number of esters is 4. The summed E-state index contributed by atoms with van der Waals surface area (Å²) in [4.78, 5) is 48.3. The normalized spacial score (nSPS) is 29.4. The molecule has 204 valence electrons. The van der Waals surface area contributed by atoms with Crippen molar-refractivity contribution in [1.29, 1.82) is 0 Å². The van der Waals surface area contributed by atoms with Crippen molar-refractivity contribution >= 4 is 23.9 Å². The van der Waals surface area contributed by atoms with Gasteiger partial charge in [-0.1, -0.05) is 27.2 Å². The molecule has 1 aromatic rings. The van der Waals surface area contributed by atoms with Crippen molar-refractivity contribution in [2.24, 2.45) is 17.8 Å². The Kier molecular flexibility index (Phi) is 9.64. The summed E-state index contributed by atoms with van der Waals surface area (Å²) in [6.45, 7) is 9.97. The Bertz CT molecular complexity index is 994. The predicted molar refractivity (Wildman–Crippen MR) is 129 cm³/mol. The van der Waals surface area contributed by atoms with Gasteiger partial charge < -0.3 is 23.7 Å². The summed E-state index contributed by atoms with van der Waals surface area (Å²) in [5.74, 6) is -1.02. The number of carbonyl (C=O) groups excluding carboxylic acids is 4. The van der Waals surface area contributed by atoms with E-state index in [1.54, 1.807) is 29.1 Å². The van der Waals surface area contributed by atoms with Crippen LogP contribution in [-0.2, 0) is 38.1 Å². The molecule has 0 aromatic carbocycles. The van der Waals surface area contributed by atoms with Crippen LogP contribution < -0.4 is 4.57 Å². The van der Waals surface area contributed by atoms with Gasteiger partial charge in [-0.05, 0) is 36.7 Å². The van der Waals surface area contributed by atoms with Crippen LogP contribution >= 0.6 is 0 Å². The predicted octanol–water partition coefficient (Wildman–Crippen LogP) is 2.92. The maximum absolute atomic E-state index is 13.2. The Hall–Kier alpha value is -3.01. The number of nitrogens with zero attached hydrogens (tertiary/aromatic N) is 1. The van der Waals surface area contributed by atoms with Crippen molar-refractivity contribution in [1.82, 2.24) is 0 Å². The SMILES string of the molecule is CC(=O)OC[C@H]1O[C@@H]([n+]2cccc(C(=O)OC3CC(C)CCC3C(C)C)c2)[C@H](OC(C)=O)[C@@H]1OC(C)=O. The zero-order valence-electron chi connectivity index (χ0n) is 22.4. The molecule has 0 N–H and O–H groups in total. The zero-order valence-corrected chi connectivity index (χ0v) is 22.4. The zero-order chi connectivity index (χ0) is 27.3. The van der Waals surface area contributed by atoms with Crippen LogP contribution in [-0.4, -0.2) is 54.9 Å². The maximum Gasteiger partial charge on any atom is 0.344 e.